The summed E-state index contributed by atoms with van der Waals surface area (Å²) in [6, 6.07) is 2.08. The van der Waals surface area contributed by atoms with Crippen molar-refractivity contribution in [2.75, 3.05) is 13.1 Å². The second-order valence-electron chi connectivity index (χ2n) is 4.92. The quantitative estimate of drug-likeness (QED) is 0.816. The van der Waals surface area contributed by atoms with Crippen LogP contribution in [0.1, 0.15) is 50.3 Å². The van der Waals surface area contributed by atoms with Gasteiger partial charge in [0.15, 0.2) is 0 Å². The molecule has 0 aliphatic carbocycles. The van der Waals surface area contributed by atoms with Gasteiger partial charge in [0.05, 0.1) is 5.69 Å². The predicted octanol–water partition coefficient (Wildman–Crippen LogP) is 1.66. The summed E-state index contributed by atoms with van der Waals surface area (Å²) in [6.07, 6.45) is 1.67. The number of carbonyl (C=O) groups excluding carboxylic acids is 1. The first-order chi connectivity index (χ1) is 9.04. The number of aryl methyl sites for hydroxylation is 2. The lowest BCUT2D eigenvalue weighted by Crippen LogP contribution is -2.39. The van der Waals surface area contributed by atoms with Gasteiger partial charge in [-0.15, -0.1) is 0 Å². The Labute approximate surface area is 115 Å². The van der Waals surface area contributed by atoms with Crippen LogP contribution in [0, 0.1) is 0 Å². The predicted molar refractivity (Wildman–Crippen MR) is 77.1 cm³/mol. The molecule has 1 aromatic rings. The Bertz CT molecular complexity index is 412. The third-order valence-electron chi connectivity index (χ3n) is 3.20. The van der Waals surface area contributed by atoms with Gasteiger partial charge in [0.2, 0.25) is 0 Å². The molecule has 0 radical (unpaired) electrons. The lowest BCUT2D eigenvalue weighted by molar-refractivity contribution is 0.0692. The van der Waals surface area contributed by atoms with Crippen LogP contribution >= 0.6 is 0 Å². The van der Waals surface area contributed by atoms with Crippen molar-refractivity contribution in [3.8, 4) is 0 Å². The molecular formula is C14H26N4O. The Morgan fingerprint density at radius 3 is 2.63 bits per heavy atom. The SMILES string of the molecule is CCc1cc(C(=O)N(CCCN)C(C)C)n(CC)n1. The average molecular weight is 266 g/mol. The second-order valence-corrected chi connectivity index (χ2v) is 4.92. The van der Waals surface area contributed by atoms with Crippen LogP contribution in [0.25, 0.3) is 0 Å². The molecule has 2 N–H and O–H groups in total. The summed E-state index contributed by atoms with van der Waals surface area (Å²) in [5.41, 5.74) is 7.19. The highest BCUT2D eigenvalue weighted by atomic mass is 16.2. The Morgan fingerprint density at radius 2 is 2.16 bits per heavy atom. The topological polar surface area (TPSA) is 64.2 Å². The summed E-state index contributed by atoms with van der Waals surface area (Å²) in [7, 11) is 0. The lowest BCUT2D eigenvalue weighted by atomic mass is 10.2. The monoisotopic (exact) mass is 266 g/mol. The van der Waals surface area contributed by atoms with Gasteiger partial charge in [-0.25, -0.2) is 0 Å². The van der Waals surface area contributed by atoms with Gasteiger partial charge in [-0.05, 0) is 46.2 Å². The number of rotatable bonds is 7. The third kappa shape index (κ3) is 3.80. The summed E-state index contributed by atoms with van der Waals surface area (Å²) in [5.74, 6) is 0.0532. The molecule has 1 rings (SSSR count). The van der Waals surface area contributed by atoms with E-state index in [9.17, 15) is 4.79 Å². The van der Waals surface area contributed by atoms with Gasteiger partial charge < -0.3 is 10.6 Å². The minimum absolute atomic E-state index is 0.0532. The van der Waals surface area contributed by atoms with Crippen LogP contribution in [0.4, 0.5) is 0 Å². The van der Waals surface area contributed by atoms with E-state index in [1.807, 2.05) is 38.7 Å². The summed E-state index contributed by atoms with van der Waals surface area (Å²) >= 11 is 0. The standard InChI is InChI=1S/C14H26N4O/c1-5-12-10-13(18(6-2)16-12)14(19)17(11(3)4)9-7-8-15/h10-11H,5-9,15H2,1-4H3. The van der Waals surface area contributed by atoms with Crippen LogP contribution in [0.15, 0.2) is 6.07 Å². The first-order valence-electron chi connectivity index (χ1n) is 7.12. The summed E-state index contributed by atoms with van der Waals surface area (Å²) in [6.45, 7) is 10.1. The molecule has 0 atom stereocenters. The maximum atomic E-state index is 12.6. The van der Waals surface area contributed by atoms with Crippen molar-refractivity contribution in [2.45, 2.75) is 53.1 Å². The molecule has 0 bridgehead atoms. The van der Waals surface area contributed by atoms with Crippen LogP contribution in [0.3, 0.4) is 0 Å². The summed E-state index contributed by atoms with van der Waals surface area (Å²) in [5, 5.41) is 4.43. The van der Waals surface area contributed by atoms with Gasteiger partial charge in [-0.1, -0.05) is 6.92 Å². The maximum absolute atomic E-state index is 12.6. The Morgan fingerprint density at radius 1 is 1.47 bits per heavy atom. The smallest absolute Gasteiger partial charge is 0.272 e. The fourth-order valence-corrected chi connectivity index (χ4v) is 2.06. The van der Waals surface area contributed by atoms with Crippen molar-refractivity contribution in [3.05, 3.63) is 17.5 Å². The molecule has 1 aromatic heterocycles. The molecule has 1 heterocycles. The van der Waals surface area contributed by atoms with Gasteiger partial charge in [0, 0.05) is 19.1 Å². The zero-order valence-electron chi connectivity index (χ0n) is 12.5. The molecule has 0 saturated heterocycles. The number of nitrogens with zero attached hydrogens (tertiary/aromatic N) is 3. The normalized spacial score (nSPS) is 11.1. The number of hydrogen-bond donors (Lipinski definition) is 1. The van der Waals surface area contributed by atoms with E-state index in [1.54, 1.807) is 4.68 Å². The maximum Gasteiger partial charge on any atom is 0.272 e. The zero-order chi connectivity index (χ0) is 14.4. The molecule has 5 nitrogen and oxygen atoms in total. The molecule has 0 spiro atoms. The van der Waals surface area contributed by atoms with E-state index in [2.05, 4.69) is 5.10 Å². The molecule has 0 aliphatic heterocycles. The van der Waals surface area contributed by atoms with Gasteiger partial charge in [0.1, 0.15) is 5.69 Å². The third-order valence-corrected chi connectivity index (χ3v) is 3.20. The van der Waals surface area contributed by atoms with E-state index < -0.39 is 0 Å². The minimum Gasteiger partial charge on any atom is -0.335 e. The van der Waals surface area contributed by atoms with Crippen molar-refractivity contribution in [1.82, 2.24) is 14.7 Å². The second kappa shape index (κ2) is 7.28. The molecule has 108 valence electrons. The van der Waals surface area contributed by atoms with E-state index in [0.717, 1.165) is 18.5 Å². The number of carbonyl (C=O) groups is 1. The van der Waals surface area contributed by atoms with Crippen molar-refractivity contribution in [2.24, 2.45) is 5.73 Å². The van der Waals surface area contributed by atoms with Crippen LogP contribution in [-0.4, -0.2) is 39.7 Å². The molecule has 5 heteroatoms. The number of aromatic nitrogens is 2. The van der Waals surface area contributed by atoms with Crippen molar-refractivity contribution >= 4 is 5.91 Å². The molecule has 0 aliphatic rings. The van der Waals surface area contributed by atoms with Crippen LogP contribution in [-0.2, 0) is 13.0 Å². The molecule has 0 fully saturated rings. The van der Waals surface area contributed by atoms with Gasteiger partial charge in [-0.3, -0.25) is 9.48 Å². The Kier molecular flexibility index (Phi) is 6.02. The first kappa shape index (κ1) is 15.7. The molecular weight excluding hydrogens is 240 g/mol. The molecule has 19 heavy (non-hydrogen) atoms. The van der Waals surface area contributed by atoms with E-state index in [4.69, 9.17) is 5.73 Å². The number of nitrogens with two attached hydrogens (primary N) is 1. The lowest BCUT2D eigenvalue weighted by Gasteiger charge is -2.26. The average Bonchev–Trinajstić information content (AvgIpc) is 2.81. The minimum atomic E-state index is 0.0532. The summed E-state index contributed by atoms with van der Waals surface area (Å²) in [4.78, 5) is 14.5. The Balaban J connectivity index is 2.98. The molecule has 0 aromatic carbocycles. The van der Waals surface area contributed by atoms with E-state index >= 15 is 0 Å². The van der Waals surface area contributed by atoms with E-state index in [0.29, 0.717) is 25.3 Å². The number of amides is 1. The van der Waals surface area contributed by atoms with Crippen LogP contribution in [0.5, 0.6) is 0 Å². The highest BCUT2D eigenvalue weighted by molar-refractivity contribution is 5.93. The van der Waals surface area contributed by atoms with Gasteiger partial charge in [-0.2, -0.15) is 5.10 Å². The number of hydrogen-bond acceptors (Lipinski definition) is 3. The van der Waals surface area contributed by atoms with Crippen molar-refractivity contribution in [1.29, 1.82) is 0 Å². The van der Waals surface area contributed by atoms with Crippen molar-refractivity contribution in [3.63, 3.8) is 0 Å². The van der Waals surface area contributed by atoms with Gasteiger partial charge >= 0.3 is 0 Å². The molecule has 0 saturated carbocycles. The fraction of sp³-hybridized carbons (Fsp3) is 0.714. The van der Waals surface area contributed by atoms with Crippen LogP contribution < -0.4 is 5.73 Å². The van der Waals surface area contributed by atoms with Crippen LogP contribution in [0.2, 0.25) is 0 Å². The molecule has 0 unspecified atom stereocenters. The van der Waals surface area contributed by atoms with E-state index in [1.165, 1.54) is 0 Å². The van der Waals surface area contributed by atoms with Gasteiger partial charge in [0.25, 0.3) is 5.91 Å². The highest BCUT2D eigenvalue weighted by Crippen LogP contribution is 2.12. The largest absolute Gasteiger partial charge is 0.335 e. The first-order valence-corrected chi connectivity index (χ1v) is 7.12. The fourth-order valence-electron chi connectivity index (χ4n) is 2.06. The highest BCUT2D eigenvalue weighted by Gasteiger charge is 2.22. The Hall–Kier alpha value is -1.36. The summed E-state index contributed by atoms with van der Waals surface area (Å²) < 4.78 is 1.79. The van der Waals surface area contributed by atoms with Crippen molar-refractivity contribution < 1.29 is 4.79 Å². The molecule has 1 amide bonds. The van der Waals surface area contributed by atoms with E-state index in [-0.39, 0.29) is 11.9 Å². The zero-order valence-corrected chi connectivity index (χ0v) is 12.5.